The summed E-state index contributed by atoms with van der Waals surface area (Å²) in [5.74, 6) is 0.0342. The molecule has 3 aromatic rings. The number of carbonyl (C=O) groups excluding carboxylic acids is 2. The molecular formula is C23H29N5O2. The second kappa shape index (κ2) is 9.82. The fraction of sp³-hybridized carbons (Fsp3) is 0.304. The molecule has 2 aromatic carbocycles. The van der Waals surface area contributed by atoms with Crippen LogP contribution in [0, 0.1) is 0 Å². The first-order valence-corrected chi connectivity index (χ1v) is 10.0. The summed E-state index contributed by atoms with van der Waals surface area (Å²) in [5.41, 5.74) is 2.84. The standard InChI is InChI=1S/C23H29N5O2/c1-26(2)22(29)17-28-15-12-18-16-19(10-11-21(18)28)25-23(30)24-13-7-14-27(3)20-8-5-4-6-9-20/h4-6,8-12,15-16H,7,13-14,17H2,1-3H3,(H2,24,25,30). The Kier molecular flexibility index (Phi) is 6.95. The van der Waals surface area contributed by atoms with Crippen molar-refractivity contribution in [3.63, 3.8) is 0 Å². The Morgan fingerprint density at radius 2 is 1.77 bits per heavy atom. The minimum atomic E-state index is -0.223. The summed E-state index contributed by atoms with van der Waals surface area (Å²) in [5, 5.41) is 6.75. The normalized spacial score (nSPS) is 10.6. The fourth-order valence-corrected chi connectivity index (χ4v) is 3.21. The molecule has 0 atom stereocenters. The van der Waals surface area contributed by atoms with Crippen molar-refractivity contribution in [2.75, 3.05) is 44.4 Å². The van der Waals surface area contributed by atoms with Gasteiger partial charge in [0.2, 0.25) is 5.91 Å². The molecule has 7 nitrogen and oxygen atoms in total. The summed E-state index contributed by atoms with van der Waals surface area (Å²) < 4.78 is 1.91. The van der Waals surface area contributed by atoms with Gasteiger partial charge in [-0.3, -0.25) is 4.79 Å². The van der Waals surface area contributed by atoms with Gasteiger partial charge in [0.1, 0.15) is 6.54 Å². The van der Waals surface area contributed by atoms with Crippen LogP contribution in [0.2, 0.25) is 0 Å². The predicted octanol–water partition coefficient (Wildman–Crippen LogP) is 3.38. The molecule has 0 saturated heterocycles. The zero-order valence-electron chi connectivity index (χ0n) is 17.8. The van der Waals surface area contributed by atoms with E-state index >= 15 is 0 Å². The van der Waals surface area contributed by atoms with E-state index in [0.717, 1.165) is 35.2 Å². The number of urea groups is 1. The van der Waals surface area contributed by atoms with Gasteiger partial charge in [0.15, 0.2) is 0 Å². The SMILES string of the molecule is CN(C)C(=O)Cn1ccc2cc(NC(=O)NCCCN(C)c3ccccc3)ccc21. The second-order valence-corrected chi connectivity index (χ2v) is 7.50. The van der Waals surface area contributed by atoms with Gasteiger partial charge in [-0.1, -0.05) is 18.2 Å². The number of likely N-dealkylation sites (N-methyl/N-ethyl adjacent to an activating group) is 1. The first-order chi connectivity index (χ1) is 14.4. The number of fused-ring (bicyclic) bond motifs is 1. The average Bonchev–Trinajstić information content (AvgIpc) is 3.13. The van der Waals surface area contributed by atoms with Crippen molar-refractivity contribution < 1.29 is 9.59 Å². The first-order valence-electron chi connectivity index (χ1n) is 10.0. The van der Waals surface area contributed by atoms with E-state index in [1.165, 1.54) is 0 Å². The van der Waals surface area contributed by atoms with Crippen molar-refractivity contribution in [3.8, 4) is 0 Å². The fourth-order valence-electron chi connectivity index (χ4n) is 3.21. The lowest BCUT2D eigenvalue weighted by molar-refractivity contribution is -0.129. The van der Waals surface area contributed by atoms with Crippen molar-refractivity contribution in [1.29, 1.82) is 0 Å². The van der Waals surface area contributed by atoms with E-state index in [4.69, 9.17) is 0 Å². The first kappa shape index (κ1) is 21.2. The van der Waals surface area contributed by atoms with Gasteiger partial charge in [-0.2, -0.15) is 0 Å². The number of aromatic nitrogens is 1. The summed E-state index contributed by atoms with van der Waals surface area (Å²) in [6.07, 6.45) is 2.74. The van der Waals surface area contributed by atoms with Gasteiger partial charge >= 0.3 is 6.03 Å². The van der Waals surface area contributed by atoms with Crippen molar-refractivity contribution in [2.45, 2.75) is 13.0 Å². The zero-order chi connectivity index (χ0) is 21.5. The molecule has 1 aromatic heterocycles. The molecule has 3 amide bonds. The number of para-hydroxylation sites is 1. The van der Waals surface area contributed by atoms with Crippen molar-refractivity contribution in [1.82, 2.24) is 14.8 Å². The summed E-state index contributed by atoms with van der Waals surface area (Å²) >= 11 is 0. The molecule has 2 N–H and O–H groups in total. The number of amides is 3. The maximum atomic E-state index is 12.2. The summed E-state index contributed by atoms with van der Waals surface area (Å²) in [7, 11) is 5.53. The Labute approximate surface area is 177 Å². The lowest BCUT2D eigenvalue weighted by Crippen LogP contribution is -2.31. The molecule has 0 aliphatic carbocycles. The molecular weight excluding hydrogens is 378 g/mol. The number of rotatable bonds is 8. The predicted molar refractivity (Wildman–Crippen MR) is 122 cm³/mol. The molecule has 0 saturated carbocycles. The minimum absolute atomic E-state index is 0.0342. The van der Waals surface area contributed by atoms with Crippen LogP contribution in [0.5, 0.6) is 0 Å². The van der Waals surface area contributed by atoms with Gasteiger partial charge in [-0.15, -0.1) is 0 Å². The van der Waals surface area contributed by atoms with Gasteiger partial charge in [-0.05, 0) is 42.8 Å². The smallest absolute Gasteiger partial charge is 0.319 e. The number of hydrogen-bond donors (Lipinski definition) is 2. The maximum absolute atomic E-state index is 12.2. The van der Waals surface area contributed by atoms with E-state index in [2.05, 4.69) is 27.7 Å². The highest BCUT2D eigenvalue weighted by Crippen LogP contribution is 2.20. The van der Waals surface area contributed by atoms with Gasteiger partial charge in [0, 0.05) is 62.7 Å². The summed E-state index contributed by atoms with van der Waals surface area (Å²) in [6.45, 7) is 1.74. The van der Waals surface area contributed by atoms with Crippen LogP contribution in [-0.2, 0) is 11.3 Å². The zero-order valence-corrected chi connectivity index (χ0v) is 17.8. The third kappa shape index (κ3) is 5.53. The average molecular weight is 408 g/mol. The highest BCUT2D eigenvalue weighted by molar-refractivity contribution is 5.93. The second-order valence-electron chi connectivity index (χ2n) is 7.50. The highest BCUT2D eigenvalue weighted by atomic mass is 16.2. The number of nitrogens with zero attached hydrogens (tertiary/aromatic N) is 3. The number of benzene rings is 2. The summed E-state index contributed by atoms with van der Waals surface area (Å²) in [6, 6.07) is 17.6. The van der Waals surface area contributed by atoms with E-state index < -0.39 is 0 Å². The Morgan fingerprint density at radius 1 is 1.00 bits per heavy atom. The van der Waals surface area contributed by atoms with Crippen molar-refractivity contribution >= 4 is 34.2 Å². The molecule has 0 aliphatic rings. The van der Waals surface area contributed by atoms with E-state index in [-0.39, 0.29) is 11.9 Å². The monoisotopic (exact) mass is 407 g/mol. The molecule has 0 unspecified atom stereocenters. The Bertz CT molecular complexity index is 997. The molecule has 3 rings (SSSR count). The molecule has 7 heteroatoms. The van der Waals surface area contributed by atoms with E-state index in [1.54, 1.807) is 19.0 Å². The number of carbonyl (C=O) groups is 2. The number of hydrogen-bond acceptors (Lipinski definition) is 3. The number of anilines is 2. The van der Waals surface area contributed by atoms with Crippen LogP contribution in [0.25, 0.3) is 10.9 Å². The maximum Gasteiger partial charge on any atom is 0.319 e. The molecule has 1 heterocycles. The van der Waals surface area contributed by atoms with Gasteiger partial charge < -0.3 is 25.0 Å². The van der Waals surface area contributed by atoms with Crippen LogP contribution >= 0.6 is 0 Å². The number of nitrogens with one attached hydrogen (secondary N) is 2. The lowest BCUT2D eigenvalue weighted by atomic mass is 10.2. The Hall–Kier alpha value is -3.48. The highest BCUT2D eigenvalue weighted by Gasteiger charge is 2.09. The largest absolute Gasteiger partial charge is 0.375 e. The van der Waals surface area contributed by atoms with E-state index in [9.17, 15) is 9.59 Å². The molecule has 0 fully saturated rings. The van der Waals surface area contributed by atoms with Gasteiger partial charge in [0.25, 0.3) is 0 Å². The van der Waals surface area contributed by atoms with Crippen LogP contribution in [0.15, 0.2) is 60.8 Å². The van der Waals surface area contributed by atoms with Crippen LogP contribution < -0.4 is 15.5 Å². The van der Waals surface area contributed by atoms with Crippen LogP contribution in [0.4, 0.5) is 16.2 Å². The Balaban J connectivity index is 1.47. The molecule has 30 heavy (non-hydrogen) atoms. The third-order valence-electron chi connectivity index (χ3n) is 4.99. The van der Waals surface area contributed by atoms with Crippen molar-refractivity contribution in [2.24, 2.45) is 0 Å². The third-order valence-corrected chi connectivity index (χ3v) is 4.99. The molecule has 158 valence electrons. The van der Waals surface area contributed by atoms with E-state index in [0.29, 0.717) is 13.1 Å². The van der Waals surface area contributed by atoms with Crippen LogP contribution in [-0.4, -0.2) is 55.6 Å². The van der Waals surface area contributed by atoms with Gasteiger partial charge in [0.05, 0.1) is 0 Å². The van der Waals surface area contributed by atoms with Crippen molar-refractivity contribution in [3.05, 3.63) is 60.8 Å². The lowest BCUT2D eigenvalue weighted by Gasteiger charge is -2.19. The Morgan fingerprint density at radius 3 is 2.50 bits per heavy atom. The van der Waals surface area contributed by atoms with Gasteiger partial charge in [-0.25, -0.2) is 4.79 Å². The molecule has 0 bridgehead atoms. The quantitative estimate of drug-likeness (QED) is 0.563. The molecule has 0 spiro atoms. The topological polar surface area (TPSA) is 69.6 Å². The van der Waals surface area contributed by atoms with Crippen LogP contribution in [0.3, 0.4) is 0 Å². The van der Waals surface area contributed by atoms with Crippen LogP contribution in [0.1, 0.15) is 6.42 Å². The summed E-state index contributed by atoms with van der Waals surface area (Å²) in [4.78, 5) is 27.9. The minimum Gasteiger partial charge on any atom is -0.375 e. The molecule has 0 aliphatic heterocycles. The molecule has 0 radical (unpaired) electrons. The van der Waals surface area contributed by atoms with E-state index in [1.807, 2.05) is 60.3 Å².